The Hall–Kier alpha value is -6.14. The molecule has 0 unspecified atom stereocenters. The highest BCUT2D eigenvalue weighted by atomic mass is 32.2. The summed E-state index contributed by atoms with van der Waals surface area (Å²) in [6.45, 7) is 7.33. The molecule has 0 spiro atoms. The fourth-order valence-corrected chi connectivity index (χ4v) is 6.62. The van der Waals surface area contributed by atoms with Crippen molar-refractivity contribution in [1.82, 2.24) is 10.3 Å². The highest BCUT2D eigenvalue weighted by Crippen LogP contribution is 2.46. The number of aliphatic hydroxyl groups excluding tert-OH is 1. The Kier molecular flexibility index (Phi) is 14.6. The number of carbonyl (C=O) groups excluding carboxylic acids is 2. The standard InChI is InChI=1S/C42H50N6O10S/c1-42(2,3)28-23-34(47-59(6,52)53)39(55-5)36(24-28)48(41(43)51)35-11-12-37(33-10-8-7-9-32(33)35)58-30-13-14-44-38(26-30)46-29-21-27(22-31(25-29)54-4)40(50)45-15-17-56-19-20-57-18-16-49/h7-14,21-26,47,49H,15-20H2,1-6H3,(H2,43,51)(H,44,46)(H,45,50). The highest BCUT2D eigenvalue weighted by Gasteiger charge is 2.28. The van der Waals surface area contributed by atoms with Gasteiger partial charge in [0.05, 0.1) is 70.6 Å². The molecule has 5 rings (SSSR count). The number of benzene rings is 4. The van der Waals surface area contributed by atoms with Gasteiger partial charge >= 0.3 is 6.03 Å². The van der Waals surface area contributed by atoms with Gasteiger partial charge in [-0.05, 0) is 53.4 Å². The van der Waals surface area contributed by atoms with Crippen LogP contribution in [0, 0.1) is 0 Å². The zero-order chi connectivity index (χ0) is 42.7. The van der Waals surface area contributed by atoms with E-state index in [4.69, 9.17) is 34.5 Å². The molecular formula is C42H50N6O10S. The van der Waals surface area contributed by atoms with E-state index in [1.165, 1.54) is 19.1 Å². The van der Waals surface area contributed by atoms with Crippen molar-refractivity contribution < 1.29 is 46.8 Å². The van der Waals surface area contributed by atoms with E-state index in [1.807, 2.05) is 45.0 Å². The second-order valence-electron chi connectivity index (χ2n) is 14.3. The second kappa shape index (κ2) is 19.5. The van der Waals surface area contributed by atoms with E-state index in [-0.39, 0.29) is 49.4 Å². The smallest absolute Gasteiger partial charge is 0.324 e. The first-order valence-electron chi connectivity index (χ1n) is 18.6. The van der Waals surface area contributed by atoms with Crippen molar-refractivity contribution in [2.24, 2.45) is 5.73 Å². The Morgan fingerprint density at radius 2 is 1.58 bits per heavy atom. The second-order valence-corrected chi connectivity index (χ2v) is 16.0. The predicted octanol–water partition coefficient (Wildman–Crippen LogP) is 6.43. The molecule has 5 aromatic rings. The Morgan fingerprint density at radius 1 is 0.847 bits per heavy atom. The minimum Gasteiger partial charge on any atom is -0.497 e. The number of anilines is 5. The Balaban J connectivity index is 1.41. The fourth-order valence-electron chi connectivity index (χ4n) is 6.07. The van der Waals surface area contributed by atoms with Crippen molar-refractivity contribution in [2.75, 3.05) is 75.0 Å². The molecule has 0 aliphatic heterocycles. The third kappa shape index (κ3) is 11.7. The molecule has 0 aliphatic carbocycles. The molecule has 3 amide bonds. The molecule has 0 bridgehead atoms. The van der Waals surface area contributed by atoms with Crippen LogP contribution >= 0.6 is 0 Å². The molecule has 0 radical (unpaired) electrons. The van der Waals surface area contributed by atoms with Gasteiger partial charge in [0, 0.05) is 46.9 Å². The number of fused-ring (bicyclic) bond motifs is 1. The van der Waals surface area contributed by atoms with Crippen LogP contribution in [0.4, 0.5) is 33.4 Å². The molecule has 59 heavy (non-hydrogen) atoms. The SMILES string of the molecule is COc1cc(Nc2cc(Oc3ccc(N(C(N)=O)c4cc(C(C)(C)C)cc(NS(C)(=O)=O)c4OC)c4ccccc34)ccn2)cc(C(=O)NCCOCCOCCO)c1. The van der Waals surface area contributed by atoms with Gasteiger partial charge in [-0.2, -0.15) is 0 Å². The molecule has 17 heteroatoms. The molecule has 6 N–H and O–H groups in total. The summed E-state index contributed by atoms with van der Waals surface area (Å²) >= 11 is 0. The summed E-state index contributed by atoms with van der Waals surface area (Å²) in [5.74, 6) is 1.55. The minimum atomic E-state index is -3.73. The number of methoxy groups -OCH3 is 2. The number of primary amides is 1. The van der Waals surface area contributed by atoms with Crippen LogP contribution in [0.2, 0.25) is 0 Å². The average molecular weight is 831 g/mol. The summed E-state index contributed by atoms with van der Waals surface area (Å²) < 4.78 is 55.5. The molecule has 0 fully saturated rings. The van der Waals surface area contributed by atoms with Crippen LogP contribution in [0.15, 0.2) is 85.1 Å². The van der Waals surface area contributed by atoms with Gasteiger partial charge in [-0.25, -0.2) is 18.2 Å². The highest BCUT2D eigenvalue weighted by molar-refractivity contribution is 7.92. The number of aliphatic hydroxyl groups is 1. The predicted molar refractivity (Wildman–Crippen MR) is 227 cm³/mol. The third-order valence-corrected chi connectivity index (χ3v) is 9.36. The van der Waals surface area contributed by atoms with Gasteiger partial charge in [0.1, 0.15) is 23.1 Å². The molecule has 1 heterocycles. The van der Waals surface area contributed by atoms with Crippen LogP contribution < -0.4 is 40.2 Å². The molecule has 1 aromatic heterocycles. The number of nitrogens with zero attached hydrogens (tertiary/aromatic N) is 2. The summed E-state index contributed by atoms with van der Waals surface area (Å²) in [4.78, 5) is 32.1. The quantitative estimate of drug-likeness (QED) is 0.0570. The van der Waals surface area contributed by atoms with E-state index in [1.54, 1.807) is 60.8 Å². The maximum absolute atomic E-state index is 13.4. The number of pyridine rings is 1. The Bertz CT molecular complexity index is 2390. The zero-order valence-electron chi connectivity index (χ0n) is 33.8. The molecule has 314 valence electrons. The molecule has 0 saturated carbocycles. The normalized spacial score (nSPS) is 11.5. The molecule has 16 nitrogen and oxygen atoms in total. The van der Waals surface area contributed by atoms with Crippen LogP contribution in [0.1, 0.15) is 36.7 Å². The monoisotopic (exact) mass is 830 g/mol. The summed E-state index contributed by atoms with van der Waals surface area (Å²) in [6, 6.07) is 21.7. The van der Waals surface area contributed by atoms with E-state index in [9.17, 15) is 18.0 Å². The molecule has 4 aromatic carbocycles. The van der Waals surface area contributed by atoms with Crippen molar-refractivity contribution in [3.63, 3.8) is 0 Å². The van der Waals surface area contributed by atoms with Crippen molar-refractivity contribution in [3.05, 3.63) is 96.2 Å². The molecule has 0 atom stereocenters. The summed E-state index contributed by atoms with van der Waals surface area (Å²) in [5, 5.41) is 16.1. The van der Waals surface area contributed by atoms with E-state index < -0.39 is 21.5 Å². The number of ether oxygens (including phenoxy) is 5. The lowest BCUT2D eigenvalue weighted by molar-refractivity contribution is 0.0338. The molecule has 0 aliphatic rings. The average Bonchev–Trinajstić information content (AvgIpc) is 3.18. The Morgan fingerprint density at radius 3 is 2.24 bits per heavy atom. The number of sulfonamides is 1. The third-order valence-electron chi connectivity index (χ3n) is 8.77. The van der Waals surface area contributed by atoms with Gasteiger partial charge in [0.2, 0.25) is 10.0 Å². The van der Waals surface area contributed by atoms with E-state index in [0.29, 0.717) is 64.0 Å². The maximum atomic E-state index is 13.4. The molecular weight excluding hydrogens is 781 g/mol. The lowest BCUT2D eigenvalue weighted by Crippen LogP contribution is -2.32. The number of nitrogens with two attached hydrogens (primary N) is 1. The number of hydrogen-bond acceptors (Lipinski definition) is 12. The van der Waals surface area contributed by atoms with Crippen molar-refractivity contribution in [3.8, 4) is 23.0 Å². The van der Waals surface area contributed by atoms with E-state index in [2.05, 4.69) is 20.3 Å². The van der Waals surface area contributed by atoms with Crippen molar-refractivity contribution in [2.45, 2.75) is 26.2 Å². The van der Waals surface area contributed by atoms with E-state index in [0.717, 1.165) is 11.8 Å². The van der Waals surface area contributed by atoms with Crippen LogP contribution in [0.3, 0.4) is 0 Å². The van der Waals surface area contributed by atoms with Gasteiger partial charge in [-0.3, -0.25) is 14.4 Å². The summed E-state index contributed by atoms with van der Waals surface area (Å²) in [5.41, 5.74) is 8.06. The first-order chi connectivity index (χ1) is 28.1. The van der Waals surface area contributed by atoms with Crippen LogP contribution in [0.25, 0.3) is 10.8 Å². The lowest BCUT2D eigenvalue weighted by atomic mass is 9.86. The van der Waals surface area contributed by atoms with Gasteiger partial charge in [-0.1, -0.05) is 45.0 Å². The number of urea groups is 1. The molecule has 0 saturated heterocycles. The van der Waals surface area contributed by atoms with Gasteiger partial charge in [0.25, 0.3) is 5.91 Å². The number of hydrogen-bond donors (Lipinski definition) is 5. The first kappa shape index (κ1) is 44.0. The first-order valence-corrected chi connectivity index (χ1v) is 20.5. The fraction of sp³-hybridized carbons (Fsp3) is 0.310. The van der Waals surface area contributed by atoms with Gasteiger partial charge in [-0.15, -0.1) is 0 Å². The zero-order valence-corrected chi connectivity index (χ0v) is 34.6. The van der Waals surface area contributed by atoms with Crippen molar-refractivity contribution in [1.29, 1.82) is 0 Å². The summed E-state index contributed by atoms with van der Waals surface area (Å²) in [6.07, 6.45) is 2.61. The van der Waals surface area contributed by atoms with Crippen LogP contribution in [-0.4, -0.2) is 90.5 Å². The largest absolute Gasteiger partial charge is 0.497 e. The topological polar surface area (TPSA) is 213 Å². The number of rotatable bonds is 19. The summed E-state index contributed by atoms with van der Waals surface area (Å²) in [7, 11) is -0.837. The number of carbonyl (C=O) groups is 2. The van der Waals surface area contributed by atoms with Crippen LogP contribution in [0.5, 0.6) is 23.0 Å². The van der Waals surface area contributed by atoms with Crippen molar-refractivity contribution >= 4 is 61.3 Å². The minimum absolute atomic E-state index is 0.0554. The van der Waals surface area contributed by atoms with Gasteiger partial charge < -0.3 is 45.2 Å². The number of nitrogens with one attached hydrogen (secondary N) is 3. The van der Waals surface area contributed by atoms with Crippen LogP contribution in [-0.2, 0) is 24.9 Å². The lowest BCUT2D eigenvalue weighted by Gasteiger charge is -2.29. The number of amides is 3. The van der Waals surface area contributed by atoms with E-state index >= 15 is 0 Å². The Labute approximate surface area is 343 Å². The van der Waals surface area contributed by atoms with Gasteiger partial charge in [0.15, 0.2) is 5.75 Å². The maximum Gasteiger partial charge on any atom is 0.324 e. The number of aromatic nitrogens is 1.